The molecular weight excluding hydrogens is 256 g/mol. The van der Waals surface area contributed by atoms with Gasteiger partial charge in [0.2, 0.25) is 0 Å². The molecule has 0 saturated heterocycles. The molecule has 104 valence electrons. The lowest BCUT2D eigenvalue weighted by molar-refractivity contribution is -0.138. The number of hydrogen-bond acceptors (Lipinski definition) is 7. The van der Waals surface area contributed by atoms with Gasteiger partial charge in [-0.2, -0.15) is 0 Å². The van der Waals surface area contributed by atoms with Crippen LogP contribution >= 0.6 is 0 Å². The number of nitrogens with one attached hydrogen (secondary N) is 2. The third kappa shape index (κ3) is 3.81. The molecular formula is C10H14N4O5. The minimum Gasteiger partial charge on any atom is -0.508 e. The second-order valence-corrected chi connectivity index (χ2v) is 3.51. The van der Waals surface area contributed by atoms with Crippen molar-refractivity contribution in [3.05, 3.63) is 23.8 Å². The molecule has 0 aliphatic rings. The lowest BCUT2D eigenvalue weighted by Crippen LogP contribution is -2.39. The van der Waals surface area contributed by atoms with Crippen molar-refractivity contribution in [1.82, 2.24) is 10.9 Å². The number of amides is 2. The first kappa shape index (κ1) is 14.7. The summed E-state index contributed by atoms with van der Waals surface area (Å²) in [4.78, 5) is 22.5. The van der Waals surface area contributed by atoms with E-state index < -0.39 is 24.5 Å². The predicted molar refractivity (Wildman–Crippen MR) is 63.1 cm³/mol. The monoisotopic (exact) mass is 270 g/mol. The molecule has 19 heavy (non-hydrogen) atoms. The van der Waals surface area contributed by atoms with E-state index in [1.807, 2.05) is 10.9 Å². The molecule has 1 rings (SSSR count). The van der Waals surface area contributed by atoms with Gasteiger partial charge in [-0.25, -0.2) is 11.7 Å². The molecule has 1 aromatic rings. The van der Waals surface area contributed by atoms with Crippen molar-refractivity contribution in [3.63, 3.8) is 0 Å². The lowest BCUT2D eigenvalue weighted by Gasteiger charge is -2.17. The van der Waals surface area contributed by atoms with Crippen LogP contribution in [-0.2, 0) is 14.3 Å². The summed E-state index contributed by atoms with van der Waals surface area (Å²) in [6.07, 6.45) is -1.37. The third-order valence-corrected chi connectivity index (χ3v) is 2.22. The highest BCUT2D eigenvalue weighted by Crippen LogP contribution is 2.30. The van der Waals surface area contributed by atoms with Crippen molar-refractivity contribution in [2.45, 2.75) is 6.10 Å². The second kappa shape index (κ2) is 6.54. The number of hydrogen-bond donors (Lipinski definition) is 6. The average molecular weight is 270 g/mol. The van der Waals surface area contributed by atoms with Gasteiger partial charge in [-0.15, -0.1) is 0 Å². The highest BCUT2D eigenvalue weighted by Gasteiger charge is 2.25. The molecule has 0 aliphatic heterocycles. The zero-order valence-corrected chi connectivity index (χ0v) is 9.79. The Kier molecular flexibility index (Phi) is 5.06. The van der Waals surface area contributed by atoms with Crippen molar-refractivity contribution in [2.24, 2.45) is 11.7 Å². The molecule has 8 N–H and O–H groups in total. The van der Waals surface area contributed by atoms with Gasteiger partial charge in [0.1, 0.15) is 18.1 Å². The van der Waals surface area contributed by atoms with Crippen LogP contribution in [0, 0.1) is 0 Å². The number of phenolic OH excluding ortho intramolecular Hbond substituents is 2. The molecule has 0 saturated carbocycles. The number of phenols is 2. The lowest BCUT2D eigenvalue weighted by atomic mass is 10.1. The Morgan fingerprint density at radius 3 is 2.53 bits per heavy atom. The van der Waals surface area contributed by atoms with Crippen LogP contribution in [0.25, 0.3) is 0 Å². The molecule has 2 amide bonds. The number of aromatic hydroxyl groups is 2. The standard InChI is InChI=1S/C10H14N4O5/c11-13-8(17)4-19-9(10(18)14-12)6-3-5(15)1-2-7(6)16/h1-3,9,15-16H,4,11-12H2,(H,13,17)(H,14,18). The average Bonchev–Trinajstić information content (AvgIpc) is 2.41. The summed E-state index contributed by atoms with van der Waals surface area (Å²) >= 11 is 0. The largest absolute Gasteiger partial charge is 0.508 e. The first-order chi connectivity index (χ1) is 8.99. The van der Waals surface area contributed by atoms with Gasteiger partial charge >= 0.3 is 0 Å². The van der Waals surface area contributed by atoms with E-state index >= 15 is 0 Å². The number of carbonyl (C=O) groups excluding carboxylic acids is 2. The Morgan fingerprint density at radius 2 is 1.95 bits per heavy atom. The number of carbonyl (C=O) groups is 2. The molecule has 0 aliphatic carbocycles. The summed E-state index contributed by atoms with van der Waals surface area (Å²) in [7, 11) is 0. The van der Waals surface area contributed by atoms with Crippen molar-refractivity contribution in [2.75, 3.05) is 6.61 Å². The Labute approximate surface area is 108 Å². The molecule has 9 heteroatoms. The molecule has 1 aromatic carbocycles. The Morgan fingerprint density at radius 1 is 1.26 bits per heavy atom. The van der Waals surface area contributed by atoms with Crippen LogP contribution in [0.3, 0.4) is 0 Å². The Bertz CT molecular complexity index is 479. The van der Waals surface area contributed by atoms with E-state index in [9.17, 15) is 19.8 Å². The van der Waals surface area contributed by atoms with Crippen LogP contribution in [0.2, 0.25) is 0 Å². The molecule has 9 nitrogen and oxygen atoms in total. The van der Waals surface area contributed by atoms with Gasteiger partial charge in [-0.05, 0) is 18.2 Å². The number of benzene rings is 1. The molecule has 0 heterocycles. The van der Waals surface area contributed by atoms with Crippen LogP contribution in [-0.4, -0.2) is 28.6 Å². The molecule has 0 radical (unpaired) electrons. The fourth-order valence-electron chi connectivity index (χ4n) is 1.33. The van der Waals surface area contributed by atoms with E-state index in [1.54, 1.807) is 0 Å². The Hall–Kier alpha value is -2.36. The van der Waals surface area contributed by atoms with Gasteiger partial charge in [0.25, 0.3) is 11.8 Å². The van der Waals surface area contributed by atoms with Crippen LogP contribution in [0.5, 0.6) is 11.5 Å². The van der Waals surface area contributed by atoms with Crippen molar-refractivity contribution in [1.29, 1.82) is 0 Å². The van der Waals surface area contributed by atoms with E-state index in [2.05, 4.69) is 0 Å². The van der Waals surface area contributed by atoms with E-state index in [4.69, 9.17) is 16.4 Å². The van der Waals surface area contributed by atoms with E-state index in [0.29, 0.717) is 0 Å². The minimum absolute atomic E-state index is 0.0345. The molecule has 1 unspecified atom stereocenters. The van der Waals surface area contributed by atoms with Crippen LogP contribution in [0.15, 0.2) is 18.2 Å². The smallest absolute Gasteiger partial charge is 0.267 e. The van der Waals surface area contributed by atoms with Crippen molar-refractivity contribution in [3.8, 4) is 11.5 Å². The van der Waals surface area contributed by atoms with Gasteiger partial charge in [-0.1, -0.05) is 0 Å². The number of ether oxygens (including phenoxy) is 1. The summed E-state index contributed by atoms with van der Waals surface area (Å²) in [5.74, 6) is 7.90. The topological polar surface area (TPSA) is 160 Å². The van der Waals surface area contributed by atoms with Crippen LogP contribution in [0.4, 0.5) is 0 Å². The van der Waals surface area contributed by atoms with Crippen molar-refractivity contribution < 1.29 is 24.5 Å². The zero-order valence-electron chi connectivity index (χ0n) is 9.79. The third-order valence-electron chi connectivity index (χ3n) is 2.22. The van der Waals surface area contributed by atoms with Gasteiger partial charge in [0, 0.05) is 5.56 Å². The molecule has 0 spiro atoms. The van der Waals surface area contributed by atoms with E-state index in [-0.39, 0.29) is 17.1 Å². The quantitative estimate of drug-likeness (QED) is 0.158. The molecule has 0 fully saturated rings. The fourth-order valence-corrected chi connectivity index (χ4v) is 1.33. The number of rotatable bonds is 5. The molecule has 0 bridgehead atoms. The molecule has 0 aromatic heterocycles. The molecule has 1 atom stereocenters. The predicted octanol–water partition coefficient (Wildman–Crippen LogP) is -1.86. The van der Waals surface area contributed by atoms with Gasteiger partial charge in [-0.3, -0.25) is 20.4 Å². The summed E-state index contributed by atoms with van der Waals surface area (Å²) in [6, 6.07) is 3.52. The number of hydrazine groups is 2. The first-order valence-corrected chi connectivity index (χ1v) is 5.13. The SMILES string of the molecule is NNC(=O)COC(C(=O)NN)c1cc(O)ccc1O. The zero-order chi connectivity index (χ0) is 14.4. The van der Waals surface area contributed by atoms with Gasteiger partial charge in [0.15, 0.2) is 6.10 Å². The normalized spacial score (nSPS) is 11.7. The summed E-state index contributed by atoms with van der Waals surface area (Å²) < 4.78 is 5.01. The minimum atomic E-state index is -1.37. The van der Waals surface area contributed by atoms with Crippen LogP contribution in [0.1, 0.15) is 11.7 Å². The second-order valence-electron chi connectivity index (χ2n) is 3.51. The summed E-state index contributed by atoms with van der Waals surface area (Å²) in [5.41, 5.74) is 3.61. The summed E-state index contributed by atoms with van der Waals surface area (Å²) in [6.45, 7) is -0.524. The highest BCUT2D eigenvalue weighted by atomic mass is 16.5. The summed E-state index contributed by atoms with van der Waals surface area (Å²) in [5, 5.41) is 19.0. The first-order valence-electron chi connectivity index (χ1n) is 5.13. The fraction of sp³-hybridized carbons (Fsp3) is 0.200. The number of nitrogens with two attached hydrogens (primary N) is 2. The highest BCUT2D eigenvalue weighted by molar-refractivity contribution is 5.83. The van der Waals surface area contributed by atoms with E-state index in [0.717, 1.165) is 6.07 Å². The van der Waals surface area contributed by atoms with Gasteiger partial charge in [0.05, 0.1) is 0 Å². The maximum Gasteiger partial charge on any atom is 0.267 e. The van der Waals surface area contributed by atoms with Crippen LogP contribution < -0.4 is 22.5 Å². The van der Waals surface area contributed by atoms with Crippen molar-refractivity contribution >= 4 is 11.8 Å². The maximum atomic E-state index is 11.6. The Balaban J connectivity index is 2.99. The van der Waals surface area contributed by atoms with Gasteiger partial charge < -0.3 is 14.9 Å². The maximum absolute atomic E-state index is 11.6. The van der Waals surface area contributed by atoms with E-state index in [1.165, 1.54) is 12.1 Å².